The Morgan fingerprint density at radius 3 is 2.57 bits per heavy atom. The van der Waals surface area contributed by atoms with Gasteiger partial charge in [-0.2, -0.15) is 0 Å². The van der Waals surface area contributed by atoms with Crippen molar-refractivity contribution >= 4 is 23.1 Å². The number of anilines is 1. The molecule has 23 heavy (non-hydrogen) atoms. The second-order valence-corrected chi connectivity index (χ2v) is 6.57. The van der Waals surface area contributed by atoms with E-state index in [9.17, 15) is 9.90 Å². The van der Waals surface area contributed by atoms with Crippen molar-refractivity contribution in [2.24, 2.45) is 0 Å². The van der Waals surface area contributed by atoms with Gasteiger partial charge < -0.3 is 20.2 Å². The van der Waals surface area contributed by atoms with Gasteiger partial charge in [0.1, 0.15) is 5.75 Å². The molecule has 2 amide bonds. The molecule has 1 aromatic carbocycles. The predicted octanol–water partition coefficient (Wildman–Crippen LogP) is 2.19. The van der Waals surface area contributed by atoms with Gasteiger partial charge in [0.25, 0.3) is 0 Å². The summed E-state index contributed by atoms with van der Waals surface area (Å²) in [6.07, 6.45) is 0. The Hall–Kier alpha value is -2.28. The molecule has 2 aromatic rings. The number of aromatic nitrogens is 1. The molecule has 1 aromatic heterocycles. The lowest BCUT2D eigenvalue weighted by molar-refractivity contribution is 0.194. The minimum absolute atomic E-state index is 0.0407. The number of benzene rings is 1. The summed E-state index contributed by atoms with van der Waals surface area (Å²) in [6, 6.07) is 7.13. The number of nitrogens with one attached hydrogen (secondary N) is 1. The van der Waals surface area contributed by atoms with Crippen molar-refractivity contribution in [3.63, 3.8) is 0 Å². The van der Waals surface area contributed by atoms with Crippen LogP contribution in [0.25, 0.3) is 0 Å². The number of rotatable bonds is 3. The van der Waals surface area contributed by atoms with E-state index in [1.54, 1.807) is 23.5 Å². The van der Waals surface area contributed by atoms with Gasteiger partial charge >= 0.3 is 6.03 Å². The van der Waals surface area contributed by atoms with Crippen molar-refractivity contribution < 1.29 is 9.90 Å². The summed E-state index contributed by atoms with van der Waals surface area (Å²) in [7, 11) is 0. The summed E-state index contributed by atoms with van der Waals surface area (Å²) < 4.78 is 0. The van der Waals surface area contributed by atoms with E-state index >= 15 is 0 Å². The number of aryl methyl sites for hydroxylation is 1. The molecule has 0 unspecified atom stereocenters. The van der Waals surface area contributed by atoms with Crippen LogP contribution < -0.4 is 10.2 Å². The number of amides is 2. The van der Waals surface area contributed by atoms with Crippen LogP contribution in [0.15, 0.2) is 29.6 Å². The van der Waals surface area contributed by atoms with E-state index in [1.165, 1.54) is 0 Å². The third-order valence-electron chi connectivity index (χ3n) is 3.87. The van der Waals surface area contributed by atoms with Crippen molar-refractivity contribution in [1.82, 2.24) is 15.2 Å². The van der Waals surface area contributed by atoms with Gasteiger partial charge in [-0.1, -0.05) is 0 Å². The van der Waals surface area contributed by atoms with Crippen molar-refractivity contribution in [2.75, 3.05) is 31.1 Å². The SMILES string of the molecule is Cc1nc(CNC(=O)N2CCN(c3ccc(O)cc3)CC2)cs1. The zero-order valence-electron chi connectivity index (χ0n) is 13.0. The first kappa shape index (κ1) is 15.6. The summed E-state index contributed by atoms with van der Waals surface area (Å²) >= 11 is 1.59. The number of carbonyl (C=O) groups excluding carboxylic acids is 1. The van der Waals surface area contributed by atoms with Crippen LogP contribution in [0.5, 0.6) is 5.75 Å². The Kier molecular flexibility index (Phi) is 4.66. The lowest BCUT2D eigenvalue weighted by atomic mass is 10.2. The highest BCUT2D eigenvalue weighted by Gasteiger charge is 2.21. The van der Waals surface area contributed by atoms with Gasteiger partial charge in [-0.05, 0) is 31.2 Å². The van der Waals surface area contributed by atoms with E-state index in [0.717, 1.165) is 29.5 Å². The first-order chi connectivity index (χ1) is 11.1. The number of hydrogen-bond acceptors (Lipinski definition) is 5. The molecule has 2 heterocycles. The van der Waals surface area contributed by atoms with Gasteiger partial charge in [0, 0.05) is 37.2 Å². The lowest BCUT2D eigenvalue weighted by Gasteiger charge is -2.36. The van der Waals surface area contributed by atoms with Crippen molar-refractivity contribution in [3.8, 4) is 5.75 Å². The topological polar surface area (TPSA) is 68.7 Å². The van der Waals surface area contributed by atoms with E-state index in [2.05, 4.69) is 15.2 Å². The summed E-state index contributed by atoms with van der Waals surface area (Å²) in [6.45, 7) is 5.37. The van der Waals surface area contributed by atoms with Crippen LogP contribution in [0.3, 0.4) is 0 Å². The van der Waals surface area contributed by atoms with Crippen LogP contribution in [-0.2, 0) is 6.54 Å². The molecule has 2 N–H and O–H groups in total. The highest BCUT2D eigenvalue weighted by Crippen LogP contribution is 2.19. The maximum atomic E-state index is 12.2. The van der Waals surface area contributed by atoms with Crippen LogP contribution in [0, 0.1) is 6.92 Å². The Bertz CT molecular complexity index is 663. The normalized spacial score (nSPS) is 14.8. The summed E-state index contributed by atoms with van der Waals surface area (Å²) in [4.78, 5) is 20.6. The second-order valence-electron chi connectivity index (χ2n) is 5.51. The summed E-state index contributed by atoms with van der Waals surface area (Å²) in [5.41, 5.74) is 1.98. The minimum atomic E-state index is -0.0407. The molecular formula is C16H20N4O2S. The second kappa shape index (κ2) is 6.87. The predicted molar refractivity (Wildman–Crippen MR) is 91.0 cm³/mol. The molecule has 0 radical (unpaired) electrons. The van der Waals surface area contributed by atoms with Crippen LogP contribution in [0.2, 0.25) is 0 Å². The molecule has 3 rings (SSSR count). The van der Waals surface area contributed by atoms with E-state index < -0.39 is 0 Å². The highest BCUT2D eigenvalue weighted by atomic mass is 32.1. The largest absolute Gasteiger partial charge is 0.508 e. The molecule has 0 saturated carbocycles. The zero-order chi connectivity index (χ0) is 16.2. The lowest BCUT2D eigenvalue weighted by Crippen LogP contribution is -2.51. The van der Waals surface area contributed by atoms with Gasteiger partial charge in [-0.25, -0.2) is 9.78 Å². The van der Waals surface area contributed by atoms with Crippen LogP contribution >= 0.6 is 11.3 Å². The number of phenolic OH excluding ortho intramolecular Hbond substituents is 1. The van der Waals surface area contributed by atoms with E-state index in [-0.39, 0.29) is 11.8 Å². The molecule has 0 aliphatic carbocycles. The van der Waals surface area contributed by atoms with Gasteiger partial charge in [-0.3, -0.25) is 0 Å². The number of phenols is 1. The molecule has 0 bridgehead atoms. The maximum absolute atomic E-state index is 12.2. The Morgan fingerprint density at radius 1 is 1.26 bits per heavy atom. The fourth-order valence-electron chi connectivity index (χ4n) is 2.60. The van der Waals surface area contributed by atoms with Gasteiger partial charge in [0.15, 0.2) is 0 Å². The zero-order valence-corrected chi connectivity index (χ0v) is 13.8. The third-order valence-corrected chi connectivity index (χ3v) is 4.69. The molecule has 6 nitrogen and oxygen atoms in total. The van der Waals surface area contributed by atoms with Gasteiger partial charge in [0.05, 0.1) is 17.2 Å². The first-order valence-corrected chi connectivity index (χ1v) is 8.47. The number of urea groups is 1. The van der Waals surface area contributed by atoms with Crippen LogP contribution in [0.1, 0.15) is 10.7 Å². The molecule has 0 atom stereocenters. The van der Waals surface area contributed by atoms with Crippen LogP contribution in [-0.4, -0.2) is 47.2 Å². The quantitative estimate of drug-likeness (QED) is 0.904. The standard InChI is InChI=1S/C16H20N4O2S/c1-12-18-13(11-23-12)10-17-16(22)20-8-6-19(7-9-20)14-2-4-15(21)5-3-14/h2-5,11,21H,6-10H2,1H3,(H,17,22). The average Bonchev–Trinajstić information content (AvgIpc) is 2.99. The minimum Gasteiger partial charge on any atom is -0.508 e. The number of carbonyl (C=O) groups is 1. The number of thiazole rings is 1. The number of piperazine rings is 1. The third kappa shape index (κ3) is 3.92. The number of nitrogens with zero attached hydrogens (tertiary/aromatic N) is 3. The molecule has 122 valence electrons. The van der Waals surface area contributed by atoms with E-state index in [0.29, 0.717) is 19.6 Å². The monoisotopic (exact) mass is 332 g/mol. The molecular weight excluding hydrogens is 312 g/mol. The maximum Gasteiger partial charge on any atom is 0.317 e. The number of aromatic hydroxyl groups is 1. The van der Waals surface area contributed by atoms with Crippen LogP contribution in [0.4, 0.5) is 10.5 Å². The Balaban J connectivity index is 1.48. The van der Waals surface area contributed by atoms with Crippen molar-refractivity contribution in [2.45, 2.75) is 13.5 Å². The summed E-state index contributed by atoms with van der Waals surface area (Å²) in [5, 5.41) is 15.2. The fraction of sp³-hybridized carbons (Fsp3) is 0.375. The van der Waals surface area contributed by atoms with Crippen molar-refractivity contribution in [3.05, 3.63) is 40.3 Å². The van der Waals surface area contributed by atoms with E-state index in [4.69, 9.17) is 0 Å². The Labute approximate surface area is 139 Å². The van der Waals surface area contributed by atoms with Crippen molar-refractivity contribution in [1.29, 1.82) is 0 Å². The molecule has 1 aliphatic rings. The Morgan fingerprint density at radius 2 is 1.96 bits per heavy atom. The van der Waals surface area contributed by atoms with Gasteiger partial charge in [0.2, 0.25) is 0 Å². The smallest absolute Gasteiger partial charge is 0.317 e. The number of hydrogen-bond donors (Lipinski definition) is 2. The van der Waals surface area contributed by atoms with E-state index in [1.807, 2.05) is 29.3 Å². The first-order valence-electron chi connectivity index (χ1n) is 7.59. The molecule has 1 saturated heterocycles. The molecule has 1 fully saturated rings. The highest BCUT2D eigenvalue weighted by molar-refractivity contribution is 7.09. The molecule has 0 spiro atoms. The fourth-order valence-corrected chi connectivity index (χ4v) is 3.21. The summed E-state index contributed by atoms with van der Waals surface area (Å²) in [5.74, 6) is 0.268. The molecule has 1 aliphatic heterocycles. The van der Waals surface area contributed by atoms with Gasteiger partial charge in [-0.15, -0.1) is 11.3 Å². The average molecular weight is 332 g/mol. The molecule has 7 heteroatoms.